The number of carbonyl (C=O) groups is 3. The van der Waals surface area contributed by atoms with Crippen molar-refractivity contribution in [1.29, 1.82) is 0 Å². The second-order valence-electron chi connectivity index (χ2n) is 8.91. The summed E-state index contributed by atoms with van der Waals surface area (Å²) in [7, 11) is 0. The maximum Gasteiger partial charge on any atom is 0.290 e. The van der Waals surface area contributed by atoms with Crippen molar-refractivity contribution in [3.63, 3.8) is 0 Å². The van der Waals surface area contributed by atoms with Gasteiger partial charge in [-0.3, -0.25) is 24.6 Å². The van der Waals surface area contributed by atoms with E-state index in [9.17, 15) is 14.4 Å². The molecule has 3 amide bonds. The molecular weight excluding hydrogens is 462 g/mol. The van der Waals surface area contributed by atoms with Gasteiger partial charge >= 0.3 is 0 Å². The summed E-state index contributed by atoms with van der Waals surface area (Å²) in [5.74, 6) is -0.296. The molecule has 0 aromatic heterocycles. The van der Waals surface area contributed by atoms with Crippen molar-refractivity contribution >= 4 is 40.6 Å². The van der Waals surface area contributed by atoms with Gasteiger partial charge in [-0.2, -0.15) is 0 Å². The Hall–Kier alpha value is -3.14. The second kappa shape index (κ2) is 10.6. The second-order valence-corrected chi connectivity index (χ2v) is 9.93. The largest absolute Gasteiger partial charge is 0.367 e. The number of benzene rings is 2. The van der Waals surface area contributed by atoms with Gasteiger partial charge < -0.3 is 15.1 Å². The number of thioether (sulfide) groups is 1. The lowest BCUT2D eigenvalue weighted by molar-refractivity contribution is -0.115. The number of hydrogen-bond donors (Lipinski definition) is 2. The minimum Gasteiger partial charge on any atom is -0.367 e. The average Bonchev–Trinajstić information content (AvgIpc) is 3.21. The smallest absolute Gasteiger partial charge is 0.290 e. The molecule has 2 aromatic carbocycles. The lowest BCUT2D eigenvalue weighted by Gasteiger charge is -2.37. The molecular formula is C26H29N5O3S. The van der Waals surface area contributed by atoms with E-state index in [0.717, 1.165) is 61.3 Å². The number of piperazine rings is 2. The van der Waals surface area contributed by atoms with Crippen LogP contribution in [-0.2, 0) is 11.3 Å². The quantitative estimate of drug-likeness (QED) is 0.622. The molecule has 9 heteroatoms. The highest BCUT2D eigenvalue weighted by Gasteiger charge is 2.27. The van der Waals surface area contributed by atoms with Gasteiger partial charge in [0, 0.05) is 70.2 Å². The number of imide groups is 1. The molecule has 0 radical (unpaired) electrons. The van der Waals surface area contributed by atoms with E-state index in [1.165, 1.54) is 5.56 Å². The highest BCUT2D eigenvalue weighted by molar-refractivity contribution is 8.18. The van der Waals surface area contributed by atoms with Crippen LogP contribution in [0.1, 0.15) is 21.5 Å². The molecule has 0 saturated carbocycles. The highest BCUT2D eigenvalue weighted by Crippen LogP contribution is 2.30. The first-order valence-electron chi connectivity index (χ1n) is 12.0. The molecule has 3 heterocycles. The molecule has 5 rings (SSSR count). The number of rotatable bonds is 5. The van der Waals surface area contributed by atoms with Crippen molar-refractivity contribution in [3.8, 4) is 0 Å². The summed E-state index contributed by atoms with van der Waals surface area (Å²) in [5, 5.41) is 5.32. The molecule has 3 fully saturated rings. The third kappa shape index (κ3) is 5.58. The van der Waals surface area contributed by atoms with Crippen LogP contribution in [0.2, 0.25) is 0 Å². The number of carbonyl (C=O) groups excluding carboxylic acids is 3. The minimum atomic E-state index is -0.357. The summed E-state index contributed by atoms with van der Waals surface area (Å²) >= 11 is 0.921. The first kappa shape index (κ1) is 23.6. The Morgan fingerprint density at radius 1 is 0.914 bits per heavy atom. The molecule has 2 aromatic rings. The van der Waals surface area contributed by atoms with E-state index in [4.69, 9.17) is 0 Å². The zero-order chi connectivity index (χ0) is 24.2. The monoisotopic (exact) mass is 491 g/mol. The highest BCUT2D eigenvalue weighted by atomic mass is 32.2. The summed E-state index contributed by atoms with van der Waals surface area (Å²) < 4.78 is 0. The Balaban J connectivity index is 1.20. The number of nitrogens with zero attached hydrogens (tertiary/aromatic N) is 3. The molecule has 35 heavy (non-hydrogen) atoms. The van der Waals surface area contributed by atoms with Gasteiger partial charge in [0.05, 0.1) is 4.91 Å². The summed E-state index contributed by atoms with van der Waals surface area (Å²) in [6.07, 6.45) is 1.76. The lowest BCUT2D eigenvalue weighted by Crippen LogP contribution is -2.49. The molecule has 8 nitrogen and oxygen atoms in total. The van der Waals surface area contributed by atoms with Crippen molar-refractivity contribution in [2.24, 2.45) is 0 Å². The van der Waals surface area contributed by atoms with Crippen molar-refractivity contribution < 1.29 is 14.4 Å². The van der Waals surface area contributed by atoms with Gasteiger partial charge in [-0.05, 0) is 47.2 Å². The molecule has 0 aliphatic carbocycles. The number of anilines is 1. The Morgan fingerprint density at radius 3 is 2.31 bits per heavy atom. The first-order valence-corrected chi connectivity index (χ1v) is 12.8. The predicted molar refractivity (Wildman–Crippen MR) is 138 cm³/mol. The third-order valence-corrected chi connectivity index (χ3v) is 7.40. The van der Waals surface area contributed by atoms with Gasteiger partial charge in [-0.25, -0.2) is 0 Å². The fourth-order valence-corrected chi connectivity index (χ4v) is 5.35. The van der Waals surface area contributed by atoms with Crippen LogP contribution in [0.3, 0.4) is 0 Å². The van der Waals surface area contributed by atoms with E-state index in [1.54, 1.807) is 6.08 Å². The van der Waals surface area contributed by atoms with Crippen molar-refractivity contribution in [1.82, 2.24) is 20.4 Å². The normalized spacial score (nSPS) is 20.4. The number of para-hydroxylation sites is 1. The Kier molecular flexibility index (Phi) is 7.17. The zero-order valence-corrected chi connectivity index (χ0v) is 20.4. The Morgan fingerprint density at radius 2 is 1.63 bits per heavy atom. The lowest BCUT2D eigenvalue weighted by atomic mass is 10.1. The van der Waals surface area contributed by atoms with E-state index < -0.39 is 0 Å². The molecule has 0 atom stereocenters. The SMILES string of the molecule is O=C1NC(=O)/C(=C/c2ccccc2N2CCN(C(=O)c3ccc(CN4CCNCC4)cc3)CC2)S1. The molecule has 182 valence electrons. The Bertz CT molecular complexity index is 1140. The van der Waals surface area contributed by atoms with Crippen molar-refractivity contribution in [2.75, 3.05) is 57.3 Å². The maximum atomic E-state index is 13.1. The maximum absolute atomic E-state index is 13.1. The summed E-state index contributed by atoms with van der Waals surface area (Å²) in [6.45, 7) is 7.72. The fourth-order valence-electron chi connectivity index (χ4n) is 4.67. The average molecular weight is 492 g/mol. The molecule has 0 spiro atoms. The molecule has 3 aliphatic heterocycles. The summed E-state index contributed by atoms with van der Waals surface area (Å²) in [6, 6.07) is 15.9. The van der Waals surface area contributed by atoms with Gasteiger partial charge in [0.1, 0.15) is 0 Å². The Labute approximate surface area is 209 Å². The van der Waals surface area contributed by atoms with Crippen LogP contribution in [0.15, 0.2) is 53.4 Å². The van der Waals surface area contributed by atoms with E-state index in [2.05, 4.69) is 32.6 Å². The van der Waals surface area contributed by atoms with Crippen LogP contribution < -0.4 is 15.5 Å². The van der Waals surface area contributed by atoms with Gasteiger partial charge in [0.15, 0.2) is 0 Å². The number of amides is 3. The van der Waals surface area contributed by atoms with Gasteiger partial charge in [0.2, 0.25) is 0 Å². The number of hydrogen-bond acceptors (Lipinski definition) is 7. The van der Waals surface area contributed by atoms with Crippen LogP contribution in [0, 0.1) is 0 Å². The summed E-state index contributed by atoms with van der Waals surface area (Å²) in [5.41, 5.74) is 3.84. The van der Waals surface area contributed by atoms with E-state index in [-0.39, 0.29) is 17.1 Å². The molecule has 0 bridgehead atoms. The molecule has 2 N–H and O–H groups in total. The van der Waals surface area contributed by atoms with Gasteiger partial charge in [0.25, 0.3) is 17.1 Å². The van der Waals surface area contributed by atoms with E-state index >= 15 is 0 Å². The standard InChI is InChI=1S/C26H29N5O3S/c32-24-23(35-26(34)28-24)17-21-3-1-2-4-22(21)30-13-15-31(16-14-30)25(33)20-7-5-19(6-8-20)18-29-11-9-27-10-12-29/h1-8,17,27H,9-16,18H2,(H,28,32,34)/b23-17-. The van der Waals surface area contributed by atoms with Crippen LogP contribution in [0.4, 0.5) is 10.5 Å². The molecule has 3 saturated heterocycles. The molecule has 3 aliphatic rings. The number of nitrogens with one attached hydrogen (secondary N) is 2. The van der Waals surface area contributed by atoms with E-state index in [0.29, 0.717) is 31.1 Å². The van der Waals surface area contributed by atoms with Crippen LogP contribution in [0.5, 0.6) is 0 Å². The van der Waals surface area contributed by atoms with Crippen LogP contribution in [-0.4, -0.2) is 79.2 Å². The zero-order valence-electron chi connectivity index (χ0n) is 19.5. The summed E-state index contributed by atoms with van der Waals surface area (Å²) in [4.78, 5) is 43.5. The topological polar surface area (TPSA) is 85.0 Å². The fraction of sp³-hybridized carbons (Fsp3) is 0.346. The minimum absolute atomic E-state index is 0.0614. The predicted octanol–water partition coefficient (Wildman–Crippen LogP) is 2.38. The van der Waals surface area contributed by atoms with Gasteiger partial charge in [-0.1, -0.05) is 30.3 Å². The third-order valence-electron chi connectivity index (χ3n) is 6.59. The van der Waals surface area contributed by atoms with E-state index in [1.807, 2.05) is 41.3 Å². The molecule has 0 unspecified atom stereocenters. The van der Waals surface area contributed by atoms with Crippen LogP contribution in [0.25, 0.3) is 6.08 Å². The van der Waals surface area contributed by atoms with Crippen molar-refractivity contribution in [2.45, 2.75) is 6.54 Å². The van der Waals surface area contributed by atoms with Crippen LogP contribution >= 0.6 is 11.8 Å². The van der Waals surface area contributed by atoms with Gasteiger partial charge in [-0.15, -0.1) is 0 Å². The first-order chi connectivity index (χ1) is 17.1. The van der Waals surface area contributed by atoms with Crippen molar-refractivity contribution in [3.05, 3.63) is 70.1 Å².